The first-order chi connectivity index (χ1) is 5.29. The van der Waals surface area contributed by atoms with Crippen LogP contribution in [0.4, 0.5) is 4.39 Å². The Bertz CT molecular complexity index is 221. The molecule has 1 aliphatic carbocycles. The summed E-state index contributed by atoms with van der Waals surface area (Å²) in [4.78, 5) is 0. The number of hydrogen-bond donors (Lipinski definition) is 0. The second-order valence-corrected chi connectivity index (χ2v) is 2.67. The molecule has 0 radical (unpaired) electrons. The quantitative estimate of drug-likeness (QED) is 0.567. The summed E-state index contributed by atoms with van der Waals surface area (Å²) in [5.41, 5.74) is 1.92. The van der Waals surface area contributed by atoms with Crippen LogP contribution in [0.2, 0.25) is 0 Å². The third-order valence-corrected chi connectivity index (χ3v) is 2.04. The maximum absolute atomic E-state index is 13.0. The lowest BCUT2D eigenvalue weighted by Crippen LogP contribution is -1.95. The SMILES string of the molecule is C=CC1=C(CC)CCC=C1F. The monoisotopic (exact) mass is 152 g/mol. The predicted molar refractivity (Wildman–Crippen MR) is 45.9 cm³/mol. The first-order valence-corrected chi connectivity index (χ1v) is 4.00. The highest BCUT2D eigenvalue weighted by molar-refractivity contribution is 5.41. The van der Waals surface area contributed by atoms with Crippen molar-refractivity contribution in [3.63, 3.8) is 0 Å². The Morgan fingerprint density at radius 1 is 1.73 bits per heavy atom. The van der Waals surface area contributed by atoms with Gasteiger partial charge in [0.15, 0.2) is 0 Å². The van der Waals surface area contributed by atoms with Crippen molar-refractivity contribution in [3.8, 4) is 0 Å². The zero-order chi connectivity index (χ0) is 8.27. The summed E-state index contributed by atoms with van der Waals surface area (Å²) in [6.45, 7) is 5.65. The molecule has 0 bridgehead atoms. The van der Waals surface area contributed by atoms with Crippen LogP contribution in [-0.4, -0.2) is 0 Å². The van der Waals surface area contributed by atoms with Crippen molar-refractivity contribution in [1.82, 2.24) is 0 Å². The van der Waals surface area contributed by atoms with Gasteiger partial charge in [-0.3, -0.25) is 0 Å². The fourth-order valence-corrected chi connectivity index (χ4v) is 1.40. The van der Waals surface area contributed by atoms with E-state index in [0.717, 1.165) is 24.8 Å². The molecule has 0 fully saturated rings. The summed E-state index contributed by atoms with van der Waals surface area (Å²) in [7, 11) is 0. The second-order valence-electron chi connectivity index (χ2n) is 2.67. The summed E-state index contributed by atoms with van der Waals surface area (Å²) in [5.74, 6) is -0.0944. The fraction of sp³-hybridized carbons (Fsp3) is 0.400. The van der Waals surface area contributed by atoms with Crippen LogP contribution < -0.4 is 0 Å². The highest BCUT2D eigenvalue weighted by Gasteiger charge is 2.10. The van der Waals surface area contributed by atoms with Crippen LogP contribution in [0.1, 0.15) is 26.2 Å². The third-order valence-electron chi connectivity index (χ3n) is 2.04. The number of halogens is 1. The van der Waals surface area contributed by atoms with Gasteiger partial charge in [0.1, 0.15) is 5.83 Å². The molecule has 0 atom stereocenters. The van der Waals surface area contributed by atoms with E-state index < -0.39 is 0 Å². The molecule has 0 N–H and O–H groups in total. The minimum atomic E-state index is -0.0944. The number of rotatable bonds is 2. The lowest BCUT2D eigenvalue weighted by Gasteiger charge is -2.13. The van der Waals surface area contributed by atoms with Gasteiger partial charge in [-0.05, 0) is 25.3 Å². The van der Waals surface area contributed by atoms with Crippen LogP contribution in [-0.2, 0) is 0 Å². The fourth-order valence-electron chi connectivity index (χ4n) is 1.40. The molecule has 0 aromatic heterocycles. The third kappa shape index (κ3) is 1.59. The highest BCUT2D eigenvalue weighted by atomic mass is 19.1. The van der Waals surface area contributed by atoms with E-state index in [1.807, 2.05) is 0 Å². The van der Waals surface area contributed by atoms with Crippen LogP contribution in [0.3, 0.4) is 0 Å². The normalized spacial score (nSPS) is 18.2. The lowest BCUT2D eigenvalue weighted by atomic mass is 9.95. The molecule has 0 unspecified atom stereocenters. The van der Waals surface area contributed by atoms with Crippen molar-refractivity contribution < 1.29 is 4.39 Å². The lowest BCUT2D eigenvalue weighted by molar-refractivity contribution is 0.632. The Labute approximate surface area is 67.1 Å². The van der Waals surface area contributed by atoms with Crippen molar-refractivity contribution in [3.05, 3.63) is 35.7 Å². The van der Waals surface area contributed by atoms with Crippen LogP contribution in [0.25, 0.3) is 0 Å². The van der Waals surface area contributed by atoms with Gasteiger partial charge in [0.25, 0.3) is 0 Å². The Hall–Kier alpha value is -0.850. The predicted octanol–water partition coefficient (Wildman–Crippen LogP) is 3.53. The molecule has 0 saturated heterocycles. The van der Waals surface area contributed by atoms with Gasteiger partial charge < -0.3 is 0 Å². The molecule has 0 spiro atoms. The van der Waals surface area contributed by atoms with E-state index in [9.17, 15) is 4.39 Å². The van der Waals surface area contributed by atoms with Crippen LogP contribution >= 0.6 is 0 Å². The first kappa shape index (κ1) is 8.25. The molecule has 60 valence electrons. The molecule has 0 aromatic carbocycles. The van der Waals surface area contributed by atoms with Crippen molar-refractivity contribution in [1.29, 1.82) is 0 Å². The smallest absolute Gasteiger partial charge is 0.126 e. The first-order valence-electron chi connectivity index (χ1n) is 4.00. The average Bonchev–Trinajstić information content (AvgIpc) is 2.04. The standard InChI is InChI=1S/C10H13F/c1-3-8-6-5-7-10(11)9(8)4-2/h4,7H,2-3,5-6H2,1H3. The topological polar surface area (TPSA) is 0 Å². The minimum absolute atomic E-state index is 0.0944. The van der Waals surface area contributed by atoms with E-state index >= 15 is 0 Å². The summed E-state index contributed by atoms with van der Waals surface area (Å²) in [6, 6.07) is 0. The van der Waals surface area contributed by atoms with E-state index in [1.54, 1.807) is 12.2 Å². The summed E-state index contributed by atoms with van der Waals surface area (Å²) >= 11 is 0. The maximum atomic E-state index is 13.0. The molecular formula is C10H13F. The van der Waals surface area contributed by atoms with Crippen LogP contribution in [0.5, 0.6) is 0 Å². The molecule has 11 heavy (non-hydrogen) atoms. The van der Waals surface area contributed by atoms with Gasteiger partial charge in [-0.25, -0.2) is 4.39 Å². The molecular weight excluding hydrogens is 139 g/mol. The zero-order valence-electron chi connectivity index (χ0n) is 6.86. The Morgan fingerprint density at radius 3 is 2.91 bits per heavy atom. The van der Waals surface area contributed by atoms with E-state index in [4.69, 9.17) is 0 Å². The molecule has 1 rings (SSSR count). The van der Waals surface area contributed by atoms with E-state index in [2.05, 4.69) is 13.5 Å². The summed E-state index contributed by atoms with van der Waals surface area (Å²) in [6.07, 6.45) is 6.01. The Kier molecular flexibility index (Phi) is 2.64. The molecule has 0 heterocycles. The summed E-state index contributed by atoms with van der Waals surface area (Å²) in [5, 5.41) is 0. The van der Waals surface area contributed by atoms with Gasteiger partial charge in [0.2, 0.25) is 0 Å². The van der Waals surface area contributed by atoms with Gasteiger partial charge >= 0.3 is 0 Å². The molecule has 1 heteroatoms. The van der Waals surface area contributed by atoms with E-state index in [-0.39, 0.29) is 5.83 Å². The summed E-state index contributed by atoms with van der Waals surface area (Å²) < 4.78 is 13.0. The van der Waals surface area contributed by atoms with Gasteiger partial charge in [-0.15, -0.1) is 0 Å². The largest absolute Gasteiger partial charge is 0.207 e. The van der Waals surface area contributed by atoms with Gasteiger partial charge in [-0.1, -0.05) is 25.2 Å². The van der Waals surface area contributed by atoms with Crippen LogP contribution in [0, 0.1) is 0 Å². The van der Waals surface area contributed by atoms with Crippen LogP contribution in [0.15, 0.2) is 35.7 Å². The maximum Gasteiger partial charge on any atom is 0.126 e. The Morgan fingerprint density at radius 2 is 2.45 bits per heavy atom. The van der Waals surface area contributed by atoms with Gasteiger partial charge in [0, 0.05) is 5.57 Å². The molecule has 0 amide bonds. The molecule has 0 saturated carbocycles. The van der Waals surface area contributed by atoms with Crippen molar-refractivity contribution in [2.45, 2.75) is 26.2 Å². The minimum Gasteiger partial charge on any atom is -0.207 e. The molecule has 0 aliphatic heterocycles. The highest BCUT2D eigenvalue weighted by Crippen LogP contribution is 2.28. The average molecular weight is 152 g/mol. The zero-order valence-corrected chi connectivity index (χ0v) is 6.86. The van der Waals surface area contributed by atoms with Crippen molar-refractivity contribution in [2.24, 2.45) is 0 Å². The van der Waals surface area contributed by atoms with E-state index in [0.29, 0.717) is 0 Å². The number of hydrogen-bond acceptors (Lipinski definition) is 0. The molecule has 1 aliphatic rings. The number of allylic oxidation sites excluding steroid dienone is 5. The molecule has 0 nitrogen and oxygen atoms in total. The molecule has 0 aromatic rings. The van der Waals surface area contributed by atoms with Crippen molar-refractivity contribution in [2.75, 3.05) is 0 Å². The van der Waals surface area contributed by atoms with Gasteiger partial charge in [-0.2, -0.15) is 0 Å². The second kappa shape index (κ2) is 3.51. The van der Waals surface area contributed by atoms with E-state index in [1.165, 1.54) is 5.57 Å². The van der Waals surface area contributed by atoms with Gasteiger partial charge in [0.05, 0.1) is 0 Å². The Balaban J connectivity index is 2.97. The van der Waals surface area contributed by atoms with Crippen molar-refractivity contribution >= 4 is 0 Å².